The van der Waals surface area contributed by atoms with Crippen LogP contribution in [-0.2, 0) is 0 Å². The van der Waals surface area contributed by atoms with Crippen LogP contribution < -0.4 is 0 Å². The largest absolute Gasteiger partial charge is 0.393 e. The van der Waals surface area contributed by atoms with Gasteiger partial charge >= 0.3 is 0 Å². The number of rotatable bonds is 0. The highest BCUT2D eigenvalue weighted by Gasteiger charge is 2.69. The molecule has 32 heavy (non-hydrogen) atoms. The molecule has 5 aliphatic rings. The van der Waals surface area contributed by atoms with Crippen molar-refractivity contribution in [1.82, 2.24) is 0 Å². The van der Waals surface area contributed by atoms with Crippen molar-refractivity contribution < 1.29 is 10.2 Å². The van der Waals surface area contributed by atoms with Crippen molar-refractivity contribution in [3.63, 3.8) is 0 Å². The summed E-state index contributed by atoms with van der Waals surface area (Å²) in [5, 5.41) is 22.8. The first kappa shape index (κ1) is 23.4. The Hall–Kier alpha value is -0.340. The van der Waals surface area contributed by atoms with E-state index in [1.807, 2.05) is 0 Å². The fraction of sp³-hybridized carbons (Fsp3) is 0.933. The van der Waals surface area contributed by atoms with Crippen LogP contribution in [0.5, 0.6) is 0 Å². The average molecular weight is 443 g/mol. The Bertz CT molecular complexity index is 825. The van der Waals surface area contributed by atoms with Gasteiger partial charge in [-0.3, -0.25) is 0 Å². The van der Waals surface area contributed by atoms with E-state index in [-0.39, 0.29) is 39.8 Å². The lowest BCUT2D eigenvalue weighted by Crippen LogP contribution is -2.67. The van der Waals surface area contributed by atoms with Crippen molar-refractivity contribution >= 4 is 0 Å². The second kappa shape index (κ2) is 6.66. The number of fused-ring (bicyclic) bond motifs is 7. The number of allylic oxidation sites excluding steroid dienone is 1. The van der Waals surface area contributed by atoms with Gasteiger partial charge in [-0.25, -0.2) is 0 Å². The number of hydrogen-bond acceptors (Lipinski definition) is 2. The van der Waals surface area contributed by atoms with E-state index in [4.69, 9.17) is 0 Å². The lowest BCUT2D eigenvalue weighted by Gasteiger charge is -2.72. The van der Waals surface area contributed by atoms with Crippen LogP contribution in [0.25, 0.3) is 0 Å². The molecule has 0 amide bonds. The minimum atomic E-state index is -0.352. The molecule has 2 N–H and O–H groups in total. The summed E-state index contributed by atoms with van der Waals surface area (Å²) < 4.78 is 0. The van der Waals surface area contributed by atoms with Gasteiger partial charge in [0.05, 0.1) is 12.2 Å². The SMILES string of the molecule is CC1(C)CC[C@]2(C)CC[C@]3(C)C(=C[C@@H](O)C4[C@@]5(C)CC[C@H](O)C(C)(C)C5CC[C@]43C)C2C1. The zero-order valence-electron chi connectivity index (χ0n) is 22.2. The van der Waals surface area contributed by atoms with Gasteiger partial charge in [0.25, 0.3) is 0 Å². The van der Waals surface area contributed by atoms with E-state index in [0.717, 1.165) is 12.8 Å². The summed E-state index contributed by atoms with van der Waals surface area (Å²) in [5.41, 5.74) is 2.76. The van der Waals surface area contributed by atoms with Crippen LogP contribution in [-0.4, -0.2) is 22.4 Å². The first-order chi connectivity index (χ1) is 14.6. The van der Waals surface area contributed by atoms with Gasteiger partial charge < -0.3 is 10.2 Å². The highest BCUT2D eigenvalue weighted by molar-refractivity contribution is 5.35. The fourth-order valence-electron chi connectivity index (χ4n) is 10.6. The number of aliphatic hydroxyl groups is 2. The van der Waals surface area contributed by atoms with Crippen molar-refractivity contribution in [3.05, 3.63) is 11.6 Å². The Labute approximate surface area is 197 Å². The maximum atomic E-state index is 11.9. The number of aliphatic hydroxyl groups excluding tert-OH is 2. The second-order valence-corrected chi connectivity index (χ2v) is 15.4. The summed E-state index contributed by atoms with van der Waals surface area (Å²) in [6.07, 6.45) is 12.7. The molecule has 4 fully saturated rings. The van der Waals surface area contributed by atoms with Crippen LogP contribution in [0, 0.1) is 50.2 Å². The topological polar surface area (TPSA) is 40.5 Å². The van der Waals surface area contributed by atoms with Crippen LogP contribution in [0.15, 0.2) is 11.6 Å². The molecule has 0 bridgehead atoms. The molecule has 0 saturated heterocycles. The smallest absolute Gasteiger partial charge is 0.0762 e. The molecular weight excluding hydrogens is 392 g/mol. The molecule has 2 heteroatoms. The minimum absolute atomic E-state index is 0.0719. The van der Waals surface area contributed by atoms with Crippen molar-refractivity contribution in [2.75, 3.05) is 0 Å². The third-order valence-electron chi connectivity index (χ3n) is 13.0. The van der Waals surface area contributed by atoms with Gasteiger partial charge in [0.15, 0.2) is 0 Å². The monoisotopic (exact) mass is 442 g/mol. The quantitative estimate of drug-likeness (QED) is 0.391. The van der Waals surface area contributed by atoms with E-state index < -0.39 is 0 Å². The Kier molecular flexibility index (Phi) is 4.87. The molecular formula is C30H50O2. The zero-order valence-corrected chi connectivity index (χ0v) is 22.2. The van der Waals surface area contributed by atoms with Gasteiger partial charge in [0.2, 0.25) is 0 Å². The fourth-order valence-corrected chi connectivity index (χ4v) is 10.6. The summed E-state index contributed by atoms with van der Waals surface area (Å²) in [7, 11) is 0. The second-order valence-electron chi connectivity index (χ2n) is 15.4. The molecule has 4 saturated carbocycles. The molecule has 0 spiro atoms. The normalized spacial score (nSPS) is 56.2. The van der Waals surface area contributed by atoms with Crippen LogP contribution in [0.3, 0.4) is 0 Å². The van der Waals surface area contributed by atoms with Crippen LogP contribution >= 0.6 is 0 Å². The van der Waals surface area contributed by atoms with Crippen LogP contribution in [0.1, 0.15) is 113 Å². The van der Waals surface area contributed by atoms with E-state index >= 15 is 0 Å². The molecule has 5 rings (SSSR count). The molecule has 0 aliphatic heterocycles. The molecule has 0 radical (unpaired) electrons. The van der Waals surface area contributed by atoms with Crippen molar-refractivity contribution in [2.45, 2.75) is 125 Å². The van der Waals surface area contributed by atoms with E-state index in [9.17, 15) is 10.2 Å². The molecule has 2 nitrogen and oxygen atoms in total. The Balaban J connectivity index is 1.62. The van der Waals surface area contributed by atoms with Gasteiger partial charge in [0.1, 0.15) is 0 Å². The van der Waals surface area contributed by atoms with Gasteiger partial charge in [-0.15, -0.1) is 0 Å². The predicted octanol–water partition coefficient (Wildman–Crippen LogP) is 7.14. The lowest BCUT2D eigenvalue weighted by atomic mass is 9.33. The average Bonchev–Trinajstić information content (AvgIpc) is 2.68. The highest BCUT2D eigenvalue weighted by atomic mass is 16.3. The van der Waals surface area contributed by atoms with Gasteiger partial charge in [0, 0.05) is 5.92 Å². The van der Waals surface area contributed by atoms with E-state index in [2.05, 4.69) is 61.5 Å². The maximum absolute atomic E-state index is 11.9. The zero-order chi connectivity index (χ0) is 23.5. The van der Waals surface area contributed by atoms with Crippen LogP contribution in [0.4, 0.5) is 0 Å². The molecule has 0 aromatic carbocycles. The minimum Gasteiger partial charge on any atom is -0.393 e. The predicted molar refractivity (Wildman–Crippen MR) is 132 cm³/mol. The Morgan fingerprint density at radius 1 is 0.781 bits per heavy atom. The van der Waals surface area contributed by atoms with Gasteiger partial charge in [-0.05, 0) is 102 Å². The standard InChI is InChI=1S/C30H50O2/c1-25(2)13-14-27(5)15-16-29(7)19(20(27)18-25)17-21(31)24-28(6)11-10-23(32)26(3,4)22(28)9-12-30(24,29)8/h17,20-24,31-32H,9-16,18H2,1-8H3/t20?,21-,22?,23+,24?,27-,28+,29-,30-/m1/s1. The molecule has 0 aromatic heterocycles. The molecule has 0 aromatic rings. The van der Waals surface area contributed by atoms with E-state index in [0.29, 0.717) is 22.7 Å². The Morgan fingerprint density at radius 3 is 2.12 bits per heavy atom. The summed E-state index contributed by atoms with van der Waals surface area (Å²) >= 11 is 0. The third kappa shape index (κ3) is 2.78. The summed E-state index contributed by atoms with van der Waals surface area (Å²) in [6.45, 7) is 19.7. The summed E-state index contributed by atoms with van der Waals surface area (Å²) in [6, 6.07) is 0. The summed E-state index contributed by atoms with van der Waals surface area (Å²) in [4.78, 5) is 0. The molecule has 9 atom stereocenters. The lowest BCUT2D eigenvalue weighted by molar-refractivity contribution is -0.224. The van der Waals surface area contributed by atoms with Crippen molar-refractivity contribution in [3.8, 4) is 0 Å². The molecule has 3 unspecified atom stereocenters. The summed E-state index contributed by atoms with van der Waals surface area (Å²) in [5.74, 6) is 1.38. The molecule has 0 heterocycles. The molecule has 5 aliphatic carbocycles. The molecule has 182 valence electrons. The van der Waals surface area contributed by atoms with E-state index in [1.165, 1.54) is 44.9 Å². The van der Waals surface area contributed by atoms with Crippen molar-refractivity contribution in [1.29, 1.82) is 0 Å². The Morgan fingerprint density at radius 2 is 1.44 bits per heavy atom. The van der Waals surface area contributed by atoms with Crippen LogP contribution in [0.2, 0.25) is 0 Å². The maximum Gasteiger partial charge on any atom is 0.0762 e. The van der Waals surface area contributed by atoms with Crippen molar-refractivity contribution in [2.24, 2.45) is 50.2 Å². The number of hydrogen-bond donors (Lipinski definition) is 2. The van der Waals surface area contributed by atoms with Gasteiger partial charge in [-0.2, -0.15) is 0 Å². The highest BCUT2D eigenvalue weighted by Crippen LogP contribution is 2.75. The first-order valence-electron chi connectivity index (χ1n) is 13.7. The third-order valence-corrected chi connectivity index (χ3v) is 13.0. The van der Waals surface area contributed by atoms with Gasteiger partial charge in [-0.1, -0.05) is 67.0 Å². The first-order valence-corrected chi connectivity index (χ1v) is 13.7. The van der Waals surface area contributed by atoms with E-state index in [1.54, 1.807) is 5.57 Å².